The Morgan fingerprint density at radius 2 is 1.89 bits per heavy atom. The SMILES string of the molecule is [CH3][Ge]([CH3])([CH3])[c]1cccc(S(=O)(=O)NC(=O)c2ccc(-n3ccc(OCCC4(C(F)(F)F)CC4)n3)nc2Cl)c1. The zero-order valence-corrected chi connectivity index (χ0v) is 24.5. The van der Waals surface area contributed by atoms with Crippen molar-refractivity contribution < 1.29 is 31.1 Å². The van der Waals surface area contributed by atoms with Crippen molar-refractivity contribution in [2.24, 2.45) is 5.41 Å². The van der Waals surface area contributed by atoms with Crippen LogP contribution in [0.1, 0.15) is 29.6 Å². The minimum atomic E-state index is -4.25. The van der Waals surface area contributed by atoms with E-state index in [1.807, 2.05) is 10.8 Å². The first kappa shape index (κ1) is 28.4. The second kappa shape index (κ2) is 10.2. The number of pyridine rings is 1. The van der Waals surface area contributed by atoms with Crippen molar-refractivity contribution in [3.8, 4) is 11.7 Å². The molecule has 0 aliphatic heterocycles. The predicted octanol–water partition coefficient (Wildman–Crippen LogP) is 4.70. The average Bonchev–Trinajstić information content (AvgIpc) is 3.48. The number of rotatable bonds is 9. The van der Waals surface area contributed by atoms with Crippen LogP contribution in [-0.4, -0.2) is 55.1 Å². The molecule has 204 valence electrons. The zero-order valence-electron chi connectivity index (χ0n) is 20.8. The number of hydrogen-bond donors (Lipinski definition) is 1. The summed E-state index contributed by atoms with van der Waals surface area (Å²) in [5.74, 6) is 5.74. The van der Waals surface area contributed by atoms with Crippen LogP contribution >= 0.6 is 11.6 Å². The number of amides is 1. The Morgan fingerprint density at radius 3 is 2.50 bits per heavy atom. The molecular weight excluding hydrogens is 605 g/mol. The summed E-state index contributed by atoms with van der Waals surface area (Å²) >= 11 is 3.88. The predicted molar refractivity (Wildman–Crippen MR) is 138 cm³/mol. The number of sulfonamides is 1. The molecule has 0 saturated heterocycles. The number of hydrogen-bond acceptors (Lipinski definition) is 6. The number of carbonyl (C=O) groups excluding carboxylic acids is 1. The summed E-state index contributed by atoms with van der Waals surface area (Å²) in [5.41, 5.74) is -1.82. The normalized spacial score (nSPS) is 15.2. The van der Waals surface area contributed by atoms with E-state index in [1.165, 1.54) is 35.1 Å². The van der Waals surface area contributed by atoms with E-state index >= 15 is 0 Å². The Morgan fingerprint density at radius 1 is 1.18 bits per heavy atom. The van der Waals surface area contributed by atoms with Crippen molar-refractivity contribution in [3.05, 3.63) is 59.4 Å². The van der Waals surface area contributed by atoms with Gasteiger partial charge in [-0.2, -0.15) is 13.2 Å². The van der Waals surface area contributed by atoms with Gasteiger partial charge in [-0.25, -0.2) is 0 Å². The van der Waals surface area contributed by atoms with Crippen molar-refractivity contribution in [2.45, 2.75) is 47.6 Å². The molecule has 1 saturated carbocycles. The van der Waals surface area contributed by atoms with E-state index in [4.69, 9.17) is 16.3 Å². The molecule has 14 heteroatoms. The Hall–Kier alpha value is -2.58. The summed E-state index contributed by atoms with van der Waals surface area (Å²) in [6.07, 6.45) is -2.72. The molecule has 0 radical (unpaired) electrons. The van der Waals surface area contributed by atoms with E-state index in [0.29, 0.717) is 0 Å². The van der Waals surface area contributed by atoms with Crippen LogP contribution in [0.25, 0.3) is 5.82 Å². The van der Waals surface area contributed by atoms with Crippen molar-refractivity contribution in [3.63, 3.8) is 0 Å². The Kier molecular flexibility index (Phi) is 7.63. The fraction of sp³-hybridized carbons (Fsp3) is 0.375. The maximum atomic E-state index is 13.1. The Labute approximate surface area is 226 Å². The first-order valence-electron chi connectivity index (χ1n) is 11.7. The summed E-state index contributed by atoms with van der Waals surface area (Å²) in [6, 6.07) is 10.7. The van der Waals surface area contributed by atoms with Gasteiger partial charge >= 0.3 is 165 Å². The van der Waals surface area contributed by atoms with Crippen molar-refractivity contribution in [1.82, 2.24) is 19.5 Å². The zero-order chi connectivity index (χ0) is 27.9. The molecule has 3 aromatic rings. The number of ether oxygens (including phenoxy) is 1. The molecule has 0 atom stereocenters. The van der Waals surface area contributed by atoms with Crippen LogP contribution < -0.4 is 13.9 Å². The van der Waals surface area contributed by atoms with E-state index in [0.717, 1.165) is 4.40 Å². The van der Waals surface area contributed by atoms with E-state index < -0.39 is 40.8 Å². The van der Waals surface area contributed by atoms with Gasteiger partial charge in [0.15, 0.2) is 0 Å². The molecule has 8 nitrogen and oxygen atoms in total. The van der Waals surface area contributed by atoms with Crippen LogP contribution in [0.2, 0.25) is 22.4 Å². The van der Waals surface area contributed by atoms with Crippen LogP contribution in [-0.2, 0) is 10.0 Å². The second-order valence-corrected chi connectivity index (χ2v) is 22.9. The number of alkyl halides is 3. The number of halogens is 4. The van der Waals surface area contributed by atoms with Gasteiger partial charge < -0.3 is 4.74 Å². The molecule has 1 N–H and O–H groups in total. The molecular formula is C24H26ClF3GeN4O4S. The molecule has 0 spiro atoms. The number of aromatic nitrogens is 3. The molecule has 2 aromatic heterocycles. The van der Waals surface area contributed by atoms with Gasteiger partial charge in [0.25, 0.3) is 0 Å². The summed E-state index contributed by atoms with van der Waals surface area (Å²) in [4.78, 5) is 16.8. The van der Waals surface area contributed by atoms with Crippen molar-refractivity contribution >= 4 is 45.2 Å². The van der Waals surface area contributed by atoms with E-state index in [9.17, 15) is 26.4 Å². The molecule has 38 heavy (non-hydrogen) atoms. The second-order valence-electron chi connectivity index (χ2n) is 10.2. The first-order chi connectivity index (χ1) is 17.6. The molecule has 1 fully saturated rings. The van der Waals surface area contributed by atoms with E-state index in [-0.39, 0.29) is 53.2 Å². The summed E-state index contributed by atoms with van der Waals surface area (Å²) in [6.45, 7) is -0.139. The van der Waals surface area contributed by atoms with Gasteiger partial charge in [-0.15, -0.1) is 0 Å². The molecule has 0 bridgehead atoms. The molecule has 4 rings (SSSR count). The standard InChI is InChI=1S/C24H26ClF3GeN4O4S/c1-29(2,3)16-5-4-6-17(15-16)38(35,36)32-22(34)18-7-8-19(30-21(18)25)33-13-9-20(31-33)37-14-12-23(10-11-23)24(26,27)28/h4-9,13,15H,10-12,14H2,1-3H3,(H,32,34). The first-order valence-corrected chi connectivity index (χ1v) is 20.9. The third-order valence-electron chi connectivity index (χ3n) is 6.40. The van der Waals surface area contributed by atoms with Crippen LogP contribution in [0, 0.1) is 5.41 Å². The molecule has 1 amide bonds. The third kappa shape index (κ3) is 6.18. The molecule has 0 unspecified atom stereocenters. The van der Waals surface area contributed by atoms with Gasteiger partial charge in [-0.3, -0.25) is 0 Å². The molecule has 1 aliphatic rings. The van der Waals surface area contributed by atoms with E-state index in [2.05, 4.69) is 27.4 Å². The van der Waals surface area contributed by atoms with Crippen LogP contribution in [0.15, 0.2) is 53.6 Å². The molecule has 1 aromatic carbocycles. The number of benzene rings is 1. The fourth-order valence-electron chi connectivity index (χ4n) is 3.78. The Bertz CT molecular complexity index is 1470. The van der Waals surface area contributed by atoms with Gasteiger partial charge in [-0.05, 0) is 19.3 Å². The fourth-order valence-corrected chi connectivity index (χ4v) is 7.73. The molecule has 2 heterocycles. The monoisotopic (exact) mass is 632 g/mol. The number of nitrogens with one attached hydrogen (secondary N) is 1. The maximum absolute atomic E-state index is 13.1. The van der Waals surface area contributed by atoms with Crippen LogP contribution in [0.4, 0.5) is 13.2 Å². The third-order valence-corrected chi connectivity index (χ3v) is 12.3. The van der Waals surface area contributed by atoms with Gasteiger partial charge in [0.1, 0.15) is 0 Å². The van der Waals surface area contributed by atoms with Crippen molar-refractivity contribution in [2.75, 3.05) is 6.61 Å². The van der Waals surface area contributed by atoms with Crippen LogP contribution in [0.5, 0.6) is 5.88 Å². The number of nitrogens with zero attached hydrogens (tertiary/aromatic N) is 3. The van der Waals surface area contributed by atoms with Crippen LogP contribution in [0.3, 0.4) is 0 Å². The number of carbonyl (C=O) groups is 1. The summed E-state index contributed by atoms with van der Waals surface area (Å²) in [7, 11) is -4.15. The van der Waals surface area contributed by atoms with Gasteiger partial charge in [0, 0.05) is 6.07 Å². The average molecular weight is 632 g/mol. The summed E-state index contributed by atoms with van der Waals surface area (Å²) in [5, 5.41) is 3.87. The Balaban J connectivity index is 1.42. The van der Waals surface area contributed by atoms with Gasteiger partial charge in [0.2, 0.25) is 5.88 Å². The minimum absolute atomic E-state index is 0.0171. The summed E-state index contributed by atoms with van der Waals surface area (Å²) < 4.78 is 74.5. The van der Waals surface area contributed by atoms with Crippen molar-refractivity contribution in [1.29, 1.82) is 0 Å². The molecule has 1 aliphatic carbocycles. The van der Waals surface area contributed by atoms with Gasteiger partial charge in [0.05, 0.1) is 12.0 Å². The topological polar surface area (TPSA) is 103 Å². The van der Waals surface area contributed by atoms with E-state index in [1.54, 1.807) is 12.1 Å². The quantitative estimate of drug-likeness (QED) is 0.272. The van der Waals surface area contributed by atoms with Gasteiger partial charge in [-0.1, -0.05) is 0 Å².